The first-order valence-electron chi connectivity index (χ1n) is 17.6. The number of likely N-dealkylation sites (tertiary alicyclic amines) is 2. The number of ether oxygens (including phenoxy) is 1. The molecule has 1 amide bonds. The van der Waals surface area contributed by atoms with Crippen molar-refractivity contribution in [2.45, 2.75) is 62.8 Å². The number of amides is 1. The number of anilines is 2. The Morgan fingerprint density at radius 2 is 1.88 bits per heavy atom. The van der Waals surface area contributed by atoms with Gasteiger partial charge in [0.05, 0.1) is 22.8 Å². The van der Waals surface area contributed by atoms with Crippen LogP contribution in [0.25, 0.3) is 10.8 Å². The van der Waals surface area contributed by atoms with Gasteiger partial charge in [0.1, 0.15) is 18.6 Å². The number of nitrogens with zero attached hydrogens (tertiary/aromatic N) is 7. The molecule has 1 atom stereocenters. The second-order valence-electron chi connectivity index (χ2n) is 14.3. The molecule has 2 aromatic carbocycles. The molecule has 9 nitrogen and oxygen atoms in total. The molecule has 5 aliphatic heterocycles. The van der Waals surface area contributed by atoms with Crippen LogP contribution in [0.15, 0.2) is 48.6 Å². The standard InChI is InChI=1S/C37H45ClFN7O2/c1-42(28-12-19-45(23-28)33(47)11-4-16-43-21-27(39)22-43)35-29-13-20-44(32-10-3-8-26-7-2-9-30(38)34(26)32)24-31(29)40-36(41-35)48-25-37-14-5-17-46(37)18-6-15-37/h2-4,7-11,27-28H,5-6,12-25H2,1H3/b11-4+/t28-/m1/s1. The van der Waals surface area contributed by atoms with Crippen LogP contribution in [0.4, 0.5) is 15.9 Å². The summed E-state index contributed by atoms with van der Waals surface area (Å²) in [6.07, 6.45) is 9.18. The lowest BCUT2D eigenvalue weighted by Crippen LogP contribution is -2.48. The highest BCUT2D eigenvalue weighted by atomic mass is 35.5. The van der Waals surface area contributed by atoms with Crippen LogP contribution in [0, 0.1) is 0 Å². The van der Waals surface area contributed by atoms with E-state index in [2.05, 4.69) is 46.0 Å². The maximum Gasteiger partial charge on any atom is 0.318 e. The van der Waals surface area contributed by atoms with Crippen LogP contribution in [0.5, 0.6) is 6.01 Å². The molecule has 0 radical (unpaired) electrons. The van der Waals surface area contributed by atoms with Gasteiger partial charge in [-0.15, -0.1) is 0 Å². The summed E-state index contributed by atoms with van der Waals surface area (Å²) in [4.78, 5) is 34.4. The van der Waals surface area contributed by atoms with Gasteiger partial charge in [-0.25, -0.2) is 4.39 Å². The molecule has 1 aromatic heterocycles. The predicted octanol–water partition coefficient (Wildman–Crippen LogP) is 5.10. The number of benzene rings is 2. The number of aromatic nitrogens is 2. The van der Waals surface area contributed by atoms with Gasteiger partial charge < -0.3 is 19.4 Å². The van der Waals surface area contributed by atoms with E-state index in [0.717, 1.165) is 83.9 Å². The highest BCUT2D eigenvalue weighted by molar-refractivity contribution is 6.36. The van der Waals surface area contributed by atoms with Gasteiger partial charge in [-0.3, -0.25) is 14.6 Å². The number of hydrogen-bond donors (Lipinski definition) is 0. The summed E-state index contributed by atoms with van der Waals surface area (Å²) in [5.74, 6) is 0.921. The maximum absolute atomic E-state index is 13.1. The van der Waals surface area contributed by atoms with Gasteiger partial charge in [0.25, 0.3) is 0 Å². The van der Waals surface area contributed by atoms with E-state index in [4.69, 9.17) is 26.3 Å². The van der Waals surface area contributed by atoms with E-state index >= 15 is 0 Å². The van der Waals surface area contributed by atoms with E-state index < -0.39 is 6.17 Å². The lowest BCUT2D eigenvalue weighted by atomic mass is 9.95. The molecule has 0 aliphatic carbocycles. The smallest absolute Gasteiger partial charge is 0.318 e. The summed E-state index contributed by atoms with van der Waals surface area (Å²) in [5.41, 5.74) is 3.35. The molecule has 6 heterocycles. The number of rotatable bonds is 9. The molecule has 4 saturated heterocycles. The average molecular weight is 674 g/mol. The Morgan fingerprint density at radius 1 is 1.08 bits per heavy atom. The van der Waals surface area contributed by atoms with Gasteiger partial charge in [-0.05, 0) is 69.1 Å². The zero-order valence-electron chi connectivity index (χ0n) is 27.8. The van der Waals surface area contributed by atoms with E-state index in [-0.39, 0.29) is 17.5 Å². The molecular formula is C37H45ClFN7O2. The van der Waals surface area contributed by atoms with Gasteiger partial charge in [0, 0.05) is 75.1 Å². The Balaban J connectivity index is 1.04. The molecule has 0 N–H and O–H groups in total. The zero-order chi connectivity index (χ0) is 32.8. The predicted molar refractivity (Wildman–Crippen MR) is 188 cm³/mol. The second kappa shape index (κ2) is 13.1. The zero-order valence-corrected chi connectivity index (χ0v) is 28.5. The molecule has 4 fully saturated rings. The Kier molecular flexibility index (Phi) is 8.67. The summed E-state index contributed by atoms with van der Waals surface area (Å²) >= 11 is 6.75. The average Bonchev–Trinajstić information content (AvgIpc) is 3.82. The number of likely N-dealkylation sites (N-methyl/N-ethyl adjacent to an activating group) is 1. The quantitative estimate of drug-likeness (QED) is 0.291. The first-order chi connectivity index (χ1) is 23.4. The van der Waals surface area contributed by atoms with Crippen LogP contribution in [-0.4, -0.2) is 114 Å². The summed E-state index contributed by atoms with van der Waals surface area (Å²) in [5, 5.41) is 2.94. The molecule has 8 rings (SSSR count). The minimum atomic E-state index is -0.734. The van der Waals surface area contributed by atoms with Crippen LogP contribution in [0.1, 0.15) is 43.4 Å². The monoisotopic (exact) mass is 673 g/mol. The van der Waals surface area contributed by atoms with Gasteiger partial charge in [-0.1, -0.05) is 41.9 Å². The molecule has 0 bridgehead atoms. The molecule has 254 valence electrons. The largest absolute Gasteiger partial charge is 0.461 e. The highest BCUT2D eigenvalue weighted by Crippen LogP contribution is 2.40. The van der Waals surface area contributed by atoms with Crippen molar-refractivity contribution in [1.29, 1.82) is 0 Å². The number of alkyl halides is 1. The lowest BCUT2D eigenvalue weighted by Gasteiger charge is -2.35. The summed E-state index contributed by atoms with van der Waals surface area (Å²) < 4.78 is 19.7. The van der Waals surface area contributed by atoms with Crippen molar-refractivity contribution in [3.05, 3.63) is 64.8 Å². The van der Waals surface area contributed by atoms with E-state index in [1.165, 1.54) is 12.8 Å². The first kappa shape index (κ1) is 31.8. The van der Waals surface area contributed by atoms with Crippen molar-refractivity contribution in [2.24, 2.45) is 0 Å². The molecule has 48 heavy (non-hydrogen) atoms. The molecule has 0 saturated carbocycles. The fourth-order valence-electron chi connectivity index (χ4n) is 8.64. The van der Waals surface area contributed by atoms with E-state index in [0.29, 0.717) is 51.9 Å². The molecule has 0 unspecified atom stereocenters. The van der Waals surface area contributed by atoms with Gasteiger partial charge in [0.2, 0.25) is 5.91 Å². The Bertz CT molecular complexity index is 1700. The maximum atomic E-state index is 13.1. The summed E-state index contributed by atoms with van der Waals surface area (Å²) in [7, 11) is 2.10. The van der Waals surface area contributed by atoms with Crippen LogP contribution in [-0.2, 0) is 17.8 Å². The van der Waals surface area contributed by atoms with Crippen LogP contribution >= 0.6 is 11.6 Å². The van der Waals surface area contributed by atoms with Crippen molar-refractivity contribution < 1.29 is 13.9 Å². The molecular weight excluding hydrogens is 629 g/mol. The van der Waals surface area contributed by atoms with Crippen LogP contribution in [0.2, 0.25) is 5.02 Å². The van der Waals surface area contributed by atoms with Crippen LogP contribution < -0.4 is 14.5 Å². The van der Waals surface area contributed by atoms with Crippen molar-refractivity contribution >= 4 is 39.8 Å². The number of halogens is 2. The lowest BCUT2D eigenvalue weighted by molar-refractivity contribution is -0.125. The molecule has 11 heteroatoms. The van der Waals surface area contributed by atoms with E-state index in [1.807, 2.05) is 28.0 Å². The Hall–Kier alpha value is -3.47. The fourth-order valence-corrected chi connectivity index (χ4v) is 8.92. The minimum absolute atomic E-state index is 0.0123. The van der Waals surface area contributed by atoms with Crippen molar-refractivity contribution in [3.8, 4) is 6.01 Å². The number of carbonyl (C=O) groups excluding carboxylic acids is 1. The number of hydrogen-bond acceptors (Lipinski definition) is 8. The highest BCUT2D eigenvalue weighted by Gasteiger charge is 2.45. The van der Waals surface area contributed by atoms with Crippen molar-refractivity contribution in [2.75, 3.05) is 75.8 Å². The van der Waals surface area contributed by atoms with Crippen molar-refractivity contribution in [3.63, 3.8) is 0 Å². The third-order valence-electron chi connectivity index (χ3n) is 11.4. The third-order valence-corrected chi connectivity index (χ3v) is 11.7. The van der Waals surface area contributed by atoms with Crippen molar-refractivity contribution in [1.82, 2.24) is 24.7 Å². The van der Waals surface area contributed by atoms with E-state index in [1.54, 1.807) is 6.08 Å². The minimum Gasteiger partial charge on any atom is -0.461 e. The molecule has 5 aliphatic rings. The van der Waals surface area contributed by atoms with Gasteiger partial charge in [-0.2, -0.15) is 9.97 Å². The molecule has 3 aromatic rings. The summed E-state index contributed by atoms with van der Waals surface area (Å²) in [6.45, 7) is 7.20. The normalized spacial score (nSPS) is 22.8. The Labute approximate surface area is 287 Å². The fraction of sp³-hybridized carbons (Fsp3) is 0.541. The topological polar surface area (TPSA) is 68.3 Å². The molecule has 0 spiro atoms. The van der Waals surface area contributed by atoms with E-state index in [9.17, 15) is 9.18 Å². The summed E-state index contributed by atoms with van der Waals surface area (Å²) in [6, 6.07) is 13.0. The number of fused-ring (bicyclic) bond motifs is 3. The second-order valence-corrected chi connectivity index (χ2v) is 14.7. The van der Waals surface area contributed by atoms with Gasteiger partial charge in [0.15, 0.2) is 0 Å². The SMILES string of the molecule is CN(c1nc(OCC23CCCN2CCC3)nc2c1CCN(c1cccc3cccc(Cl)c13)C2)[C@@H]1CCN(C(=O)/C=C/CN2CC(F)C2)C1. The van der Waals surface area contributed by atoms with Gasteiger partial charge >= 0.3 is 6.01 Å². The van der Waals surface area contributed by atoms with Crippen LogP contribution in [0.3, 0.4) is 0 Å². The Morgan fingerprint density at radius 3 is 2.67 bits per heavy atom. The third kappa shape index (κ3) is 6.00. The number of carbonyl (C=O) groups is 1. The first-order valence-corrected chi connectivity index (χ1v) is 18.0.